The van der Waals surface area contributed by atoms with Crippen molar-refractivity contribution < 1.29 is 0 Å². The van der Waals surface area contributed by atoms with E-state index in [4.69, 9.17) is 11.6 Å². The molecule has 0 aliphatic rings. The van der Waals surface area contributed by atoms with Gasteiger partial charge in [0.25, 0.3) is 0 Å². The van der Waals surface area contributed by atoms with Crippen LogP contribution in [0, 0.1) is 0 Å². The first-order valence-corrected chi connectivity index (χ1v) is 7.11. The molecule has 106 valence electrons. The minimum absolute atomic E-state index is 0.666. The van der Waals surface area contributed by atoms with E-state index >= 15 is 0 Å². The molecule has 1 N–H and O–H groups in total. The molecule has 21 heavy (non-hydrogen) atoms. The summed E-state index contributed by atoms with van der Waals surface area (Å²) in [5.74, 6) is 0.785. The van der Waals surface area contributed by atoms with Crippen LogP contribution in [0.25, 0.3) is 10.9 Å². The van der Waals surface area contributed by atoms with Gasteiger partial charge in [0.1, 0.15) is 5.82 Å². The molecule has 0 saturated carbocycles. The van der Waals surface area contributed by atoms with Gasteiger partial charge in [-0.1, -0.05) is 23.7 Å². The smallest absolute Gasteiger partial charge is 0.131 e. The van der Waals surface area contributed by atoms with Gasteiger partial charge in [0.2, 0.25) is 0 Å². The van der Waals surface area contributed by atoms with Crippen LogP contribution in [0.4, 0.5) is 17.2 Å². The number of anilines is 3. The first-order chi connectivity index (χ1) is 10.1. The number of pyridine rings is 1. The number of halogens is 1. The molecule has 0 unspecified atom stereocenters. The minimum Gasteiger partial charge on any atom is -0.378 e. The number of nitrogens with one attached hydrogen (secondary N) is 1. The van der Waals surface area contributed by atoms with Gasteiger partial charge in [-0.3, -0.25) is 0 Å². The van der Waals surface area contributed by atoms with Crippen molar-refractivity contribution in [2.75, 3.05) is 24.3 Å². The summed E-state index contributed by atoms with van der Waals surface area (Å²) in [6.45, 7) is 0. The number of nitrogens with zero attached hydrogens (tertiary/aromatic N) is 2. The maximum absolute atomic E-state index is 6.19. The lowest BCUT2D eigenvalue weighted by Gasteiger charge is -2.13. The summed E-state index contributed by atoms with van der Waals surface area (Å²) in [4.78, 5) is 6.64. The average molecular weight is 298 g/mol. The minimum atomic E-state index is 0.666. The second-order valence-electron chi connectivity index (χ2n) is 5.07. The Kier molecular flexibility index (Phi) is 3.67. The van der Waals surface area contributed by atoms with E-state index in [1.54, 1.807) is 0 Å². The molecule has 0 aliphatic heterocycles. The largest absolute Gasteiger partial charge is 0.378 e. The quantitative estimate of drug-likeness (QED) is 0.759. The molecule has 1 aromatic heterocycles. The van der Waals surface area contributed by atoms with Crippen LogP contribution in [-0.4, -0.2) is 19.1 Å². The van der Waals surface area contributed by atoms with E-state index in [-0.39, 0.29) is 0 Å². The van der Waals surface area contributed by atoms with Crippen molar-refractivity contribution >= 4 is 39.7 Å². The third kappa shape index (κ3) is 2.93. The summed E-state index contributed by atoms with van der Waals surface area (Å²) in [7, 11) is 4.05. The Morgan fingerprint density at radius 3 is 2.43 bits per heavy atom. The average Bonchev–Trinajstić information content (AvgIpc) is 2.49. The Hall–Kier alpha value is -2.26. The Balaban J connectivity index is 1.89. The molecule has 0 radical (unpaired) electrons. The molecule has 0 aliphatic carbocycles. The van der Waals surface area contributed by atoms with Crippen LogP contribution in [0.15, 0.2) is 54.6 Å². The van der Waals surface area contributed by atoms with Crippen molar-refractivity contribution in [3.8, 4) is 0 Å². The SMILES string of the molecule is CN(C)c1ccc(Nc2ccc3cccc(Cl)c3n2)cc1. The van der Waals surface area contributed by atoms with Gasteiger partial charge in [-0.05, 0) is 42.5 Å². The van der Waals surface area contributed by atoms with E-state index in [1.165, 1.54) is 0 Å². The zero-order chi connectivity index (χ0) is 14.8. The third-order valence-corrected chi connectivity index (χ3v) is 3.63. The normalized spacial score (nSPS) is 10.6. The van der Waals surface area contributed by atoms with Crippen LogP contribution < -0.4 is 10.2 Å². The second-order valence-corrected chi connectivity index (χ2v) is 5.48. The number of para-hydroxylation sites is 1. The summed E-state index contributed by atoms with van der Waals surface area (Å²) in [5.41, 5.74) is 2.98. The van der Waals surface area contributed by atoms with E-state index in [0.29, 0.717) is 5.02 Å². The van der Waals surface area contributed by atoms with Gasteiger partial charge in [-0.25, -0.2) is 4.98 Å². The highest BCUT2D eigenvalue weighted by Gasteiger charge is 2.03. The molecule has 2 aromatic carbocycles. The number of hydrogen-bond donors (Lipinski definition) is 1. The Labute approximate surface area is 129 Å². The van der Waals surface area contributed by atoms with Crippen LogP contribution in [0.1, 0.15) is 0 Å². The van der Waals surface area contributed by atoms with Crippen molar-refractivity contribution in [2.45, 2.75) is 0 Å². The molecular formula is C17H16ClN3. The van der Waals surface area contributed by atoms with Crippen LogP contribution >= 0.6 is 11.6 Å². The molecule has 0 bridgehead atoms. The predicted molar refractivity (Wildman–Crippen MR) is 90.8 cm³/mol. The summed E-state index contributed by atoms with van der Waals surface area (Å²) in [6, 6.07) is 18.0. The maximum atomic E-state index is 6.19. The predicted octanol–water partition coefficient (Wildman–Crippen LogP) is 4.70. The topological polar surface area (TPSA) is 28.2 Å². The highest BCUT2D eigenvalue weighted by molar-refractivity contribution is 6.35. The number of aromatic nitrogens is 1. The van der Waals surface area contributed by atoms with Gasteiger partial charge in [-0.15, -0.1) is 0 Å². The molecule has 0 saturated heterocycles. The van der Waals surface area contributed by atoms with Crippen molar-refractivity contribution in [1.29, 1.82) is 0 Å². The molecule has 0 spiro atoms. The van der Waals surface area contributed by atoms with Gasteiger partial charge in [0, 0.05) is 30.9 Å². The molecule has 4 heteroatoms. The Morgan fingerprint density at radius 1 is 0.952 bits per heavy atom. The molecule has 3 nitrogen and oxygen atoms in total. The summed E-state index contributed by atoms with van der Waals surface area (Å²) < 4.78 is 0. The van der Waals surface area contributed by atoms with Crippen molar-refractivity contribution in [2.24, 2.45) is 0 Å². The fraction of sp³-hybridized carbons (Fsp3) is 0.118. The van der Waals surface area contributed by atoms with Gasteiger partial charge in [0.05, 0.1) is 10.5 Å². The Bertz CT molecular complexity index is 767. The summed E-state index contributed by atoms with van der Waals surface area (Å²) in [6.07, 6.45) is 0. The second kappa shape index (κ2) is 5.62. The van der Waals surface area contributed by atoms with Gasteiger partial charge in [-0.2, -0.15) is 0 Å². The Morgan fingerprint density at radius 2 is 1.71 bits per heavy atom. The lowest BCUT2D eigenvalue weighted by Crippen LogP contribution is -2.08. The maximum Gasteiger partial charge on any atom is 0.131 e. The first kappa shape index (κ1) is 13.7. The first-order valence-electron chi connectivity index (χ1n) is 6.73. The number of hydrogen-bond acceptors (Lipinski definition) is 3. The molecule has 0 atom stereocenters. The van der Waals surface area contributed by atoms with Crippen molar-refractivity contribution in [1.82, 2.24) is 4.98 Å². The monoisotopic (exact) mass is 297 g/mol. The van der Waals surface area contributed by atoms with Crippen LogP contribution in [0.3, 0.4) is 0 Å². The third-order valence-electron chi connectivity index (χ3n) is 3.33. The fourth-order valence-corrected chi connectivity index (χ4v) is 2.40. The van der Waals surface area contributed by atoms with Crippen LogP contribution in [-0.2, 0) is 0 Å². The van der Waals surface area contributed by atoms with E-state index in [2.05, 4.69) is 27.3 Å². The summed E-state index contributed by atoms with van der Waals surface area (Å²) in [5, 5.41) is 5.00. The number of benzene rings is 2. The lowest BCUT2D eigenvalue weighted by molar-refractivity contribution is 1.13. The molecule has 3 aromatic rings. The zero-order valence-electron chi connectivity index (χ0n) is 12.0. The van der Waals surface area contributed by atoms with Gasteiger partial charge in [0.15, 0.2) is 0 Å². The molecule has 1 heterocycles. The van der Waals surface area contributed by atoms with Crippen molar-refractivity contribution in [3.63, 3.8) is 0 Å². The van der Waals surface area contributed by atoms with Crippen molar-refractivity contribution in [3.05, 3.63) is 59.6 Å². The van der Waals surface area contributed by atoms with E-state index in [0.717, 1.165) is 28.1 Å². The highest BCUT2D eigenvalue weighted by atomic mass is 35.5. The molecule has 3 rings (SSSR count). The lowest BCUT2D eigenvalue weighted by atomic mass is 10.2. The highest BCUT2D eigenvalue weighted by Crippen LogP contribution is 2.25. The van der Waals surface area contributed by atoms with E-state index < -0.39 is 0 Å². The molecule has 0 fully saturated rings. The van der Waals surface area contributed by atoms with Crippen LogP contribution in [0.2, 0.25) is 5.02 Å². The van der Waals surface area contributed by atoms with Crippen LogP contribution in [0.5, 0.6) is 0 Å². The molecular weight excluding hydrogens is 282 g/mol. The number of fused-ring (bicyclic) bond motifs is 1. The van der Waals surface area contributed by atoms with E-state index in [9.17, 15) is 0 Å². The number of rotatable bonds is 3. The van der Waals surface area contributed by atoms with Gasteiger partial charge >= 0.3 is 0 Å². The fourth-order valence-electron chi connectivity index (χ4n) is 2.17. The standard InChI is InChI=1S/C17H16ClN3/c1-21(2)14-9-7-13(8-10-14)19-16-11-6-12-4-3-5-15(18)17(12)20-16/h3-11H,1-2H3,(H,19,20). The molecule has 0 amide bonds. The summed E-state index contributed by atoms with van der Waals surface area (Å²) >= 11 is 6.19. The zero-order valence-corrected chi connectivity index (χ0v) is 12.7. The van der Waals surface area contributed by atoms with E-state index in [1.807, 2.05) is 56.6 Å². The van der Waals surface area contributed by atoms with Gasteiger partial charge < -0.3 is 10.2 Å².